The van der Waals surface area contributed by atoms with Crippen LogP contribution in [-0.2, 0) is 6.18 Å². The van der Waals surface area contributed by atoms with Crippen LogP contribution in [0.25, 0.3) is 0 Å². The van der Waals surface area contributed by atoms with E-state index >= 15 is 0 Å². The molecular weight excluding hydrogens is 333 g/mol. The lowest BCUT2D eigenvalue weighted by molar-refractivity contribution is -0.138. The highest BCUT2D eigenvalue weighted by atomic mass is 32.2. The SMILES string of the molecule is C[C@H](Sc1nc(C2CC2)cc(C(F)(F)F)c1C#N)c1ccccc1. The van der Waals surface area contributed by atoms with E-state index in [1.54, 1.807) is 6.07 Å². The maximum Gasteiger partial charge on any atom is 0.417 e. The Morgan fingerprint density at radius 1 is 1.25 bits per heavy atom. The number of rotatable bonds is 4. The van der Waals surface area contributed by atoms with Gasteiger partial charge in [-0.15, -0.1) is 0 Å². The molecule has 0 spiro atoms. The van der Waals surface area contributed by atoms with E-state index in [0.717, 1.165) is 24.5 Å². The summed E-state index contributed by atoms with van der Waals surface area (Å²) in [5.41, 5.74) is 0.187. The molecule has 1 aromatic carbocycles. The summed E-state index contributed by atoms with van der Waals surface area (Å²) < 4.78 is 40.1. The zero-order valence-electron chi connectivity index (χ0n) is 13.0. The van der Waals surface area contributed by atoms with Crippen LogP contribution in [-0.4, -0.2) is 4.98 Å². The topological polar surface area (TPSA) is 36.7 Å². The van der Waals surface area contributed by atoms with Crippen molar-refractivity contribution in [1.29, 1.82) is 5.26 Å². The minimum Gasteiger partial charge on any atom is -0.245 e. The largest absolute Gasteiger partial charge is 0.417 e. The number of benzene rings is 1. The monoisotopic (exact) mass is 348 g/mol. The van der Waals surface area contributed by atoms with E-state index in [1.165, 1.54) is 11.8 Å². The van der Waals surface area contributed by atoms with Gasteiger partial charge in [0.1, 0.15) is 11.1 Å². The number of aromatic nitrogens is 1. The Hall–Kier alpha value is -2.00. The van der Waals surface area contributed by atoms with Gasteiger partial charge in [-0.3, -0.25) is 0 Å². The van der Waals surface area contributed by atoms with Gasteiger partial charge in [-0.1, -0.05) is 42.1 Å². The lowest BCUT2D eigenvalue weighted by atomic mass is 10.1. The van der Waals surface area contributed by atoms with E-state index in [-0.39, 0.29) is 21.8 Å². The summed E-state index contributed by atoms with van der Waals surface area (Å²) in [6.45, 7) is 1.90. The van der Waals surface area contributed by atoms with Crippen LogP contribution in [0.2, 0.25) is 0 Å². The predicted molar refractivity (Wildman–Crippen MR) is 86.6 cm³/mol. The molecular formula is C18H15F3N2S. The fourth-order valence-corrected chi connectivity index (χ4v) is 3.57. The second-order valence-electron chi connectivity index (χ2n) is 5.83. The highest BCUT2D eigenvalue weighted by Gasteiger charge is 2.38. The van der Waals surface area contributed by atoms with Crippen LogP contribution < -0.4 is 0 Å². The number of thioether (sulfide) groups is 1. The first-order valence-corrected chi connectivity index (χ1v) is 8.52. The maximum absolute atomic E-state index is 13.4. The van der Waals surface area contributed by atoms with Crippen LogP contribution >= 0.6 is 11.8 Å². The quantitative estimate of drug-likeness (QED) is 0.665. The molecule has 1 atom stereocenters. The fraction of sp³-hybridized carbons (Fsp3) is 0.333. The van der Waals surface area contributed by atoms with Crippen molar-refractivity contribution in [1.82, 2.24) is 4.98 Å². The highest BCUT2D eigenvalue weighted by Crippen LogP contribution is 2.45. The smallest absolute Gasteiger partial charge is 0.245 e. The summed E-state index contributed by atoms with van der Waals surface area (Å²) in [5, 5.41) is 9.36. The van der Waals surface area contributed by atoms with Crippen LogP contribution in [0.5, 0.6) is 0 Å². The average Bonchev–Trinajstić information content (AvgIpc) is 3.39. The van der Waals surface area contributed by atoms with Crippen molar-refractivity contribution in [2.24, 2.45) is 0 Å². The number of nitrogens with zero attached hydrogens (tertiary/aromatic N) is 2. The van der Waals surface area contributed by atoms with Crippen molar-refractivity contribution >= 4 is 11.8 Å². The molecule has 0 N–H and O–H groups in total. The molecule has 0 aliphatic heterocycles. The first-order valence-electron chi connectivity index (χ1n) is 7.64. The van der Waals surface area contributed by atoms with Gasteiger partial charge in [0.05, 0.1) is 11.1 Å². The summed E-state index contributed by atoms with van der Waals surface area (Å²) >= 11 is 1.20. The Bertz CT molecular complexity index is 777. The average molecular weight is 348 g/mol. The number of hydrogen-bond donors (Lipinski definition) is 0. The standard InChI is InChI=1S/C18H15F3N2S/c1-11(12-5-3-2-4-6-12)24-17-14(10-22)15(18(19,20)21)9-16(23-17)13-7-8-13/h2-6,9,11,13H,7-8H2,1H3/t11-/m0/s1. The van der Waals surface area contributed by atoms with E-state index in [4.69, 9.17) is 0 Å². The van der Waals surface area contributed by atoms with Crippen molar-refractivity contribution in [2.75, 3.05) is 0 Å². The summed E-state index contributed by atoms with van der Waals surface area (Å²) in [6, 6.07) is 12.2. The number of pyridine rings is 1. The summed E-state index contributed by atoms with van der Waals surface area (Å²) in [7, 11) is 0. The van der Waals surface area contributed by atoms with Gasteiger partial charge in [-0.05, 0) is 31.4 Å². The number of alkyl halides is 3. The number of hydrogen-bond acceptors (Lipinski definition) is 3. The first kappa shape index (κ1) is 16.8. The number of nitriles is 1. The molecule has 1 aliphatic carbocycles. The third-order valence-electron chi connectivity index (χ3n) is 3.98. The Labute approximate surface area is 142 Å². The Morgan fingerprint density at radius 3 is 2.46 bits per heavy atom. The van der Waals surface area contributed by atoms with E-state index in [1.807, 2.05) is 37.3 Å². The number of halogens is 3. The van der Waals surface area contributed by atoms with Gasteiger partial charge in [-0.25, -0.2) is 4.98 Å². The van der Waals surface area contributed by atoms with Gasteiger partial charge >= 0.3 is 6.18 Å². The predicted octanol–water partition coefficient (Wildman–Crippen LogP) is 5.70. The molecule has 1 saturated carbocycles. The van der Waals surface area contributed by atoms with Crippen LogP contribution in [0, 0.1) is 11.3 Å². The van der Waals surface area contributed by atoms with Crippen LogP contribution in [0.3, 0.4) is 0 Å². The molecule has 1 heterocycles. The van der Waals surface area contributed by atoms with E-state index < -0.39 is 11.7 Å². The van der Waals surface area contributed by atoms with Crippen molar-refractivity contribution in [3.05, 3.63) is 58.8 Å². The Morgan fingerprint density at radius 2 is 1.92 bits per heavy atom. The van der Waals surface area contributed by atoms with Gasteiger partial charge in [0.2, 0.25) is 0 Å². The molecule has 1 aromatic heterocycles. The third-order valence-corrected chi connectivity index (χ3v) is 5.12. The summed E-state index contributed by atoms with van der Waals surface area (Å²) in [6.07, 6.45) is -2.84. The molecule has 0 unspecified atom stereocenters. The van der Waals surface area contributed by atoms with Crippen LogP contribution in [0.1, 0.15) is 53.3 Å². The van der Waals surface area contributed by atoms with Gasteiger partial charge < -0.3 is 0 Å². The molecule has 1 aliphatic rings. The molecule has 2 nitrogen and oxygen atoms in total. The van der Waals surface area contributed by atoms with E-state index in [9.17, 15) is 18.4 Å². The Kier molecular flexibility index (Phi) is 4.55. The van der Waals surface area contributed by atoms with Gasteiger partial charge in [0.25, 0.3) is 0 Å². The Balaban J connectivity index is 2.02. The van der Waals surface area contributed by atoms with Crippen LogP contribution in [0.4, 0.5) is 13.2 Å². The third kappa shape index (κ3) is 3.57. The van der Waals surface area contributed by atoms with Gasteiger partial charge in [0.15, 0.2) is 0 Å². The van der Waals surface area contributed by atoms with E-state index in [0.29, 0.717) is 5.69 Å². The van der Waals surface area contributed by atoms with E-state index in [2.05, 4.69) is 4.98 Å². The van der Waals surface area contributed by atoms with Crippen molar-refractivity contribution < 1.29 is 13.2 Å². The van der Waals surface area contributed by atoms with Crippen molar-refractivity contribution in [2.45, 2.75) is 42.1 Å². The second-order valence-corrected chi connectivity index (χ2v) is 7.16. The zero-order chi connectivity index (χ0) is 17.3. The molecule has 3 rings (SSSR count). The van der Waals surface area contributed by atoms with Crippen molar-refractivity contribution in [3.63, 3.8) is 0 Å². The molecule has 0 radical (unpaired) electrons. The molecule has 0 saturated heterocycles. The molecule has 6 heteroatoms. The minimum absolute atomic E-state index is 0.0882. The summed E-state index contributed by atoms with van der Waals surface area (Å²) in [4.78, 5) is 4.39. The van der Waals surface area contributed by atoms with Gasteiger partial charge in [0, 0.05) is 16.9 Å². The highest BCUT2D eigenvalue weighted by molar-refractivity contribution is 7.99. The molecule has 0 bridgehead atoms. The normalized spacial score (nSPS) is 15.8. The molecule has 124 valence electrons. The maximum atomic E-state index is 13.4. The fourth-order valence-electron chi connectivity index (χ4n) is 2.51. The van der Waals surface area contributed by atoms with Crippen molar-refractivity contribution in [3.8, 4) is 6.07 Å². The zero-order valence-corrected chi connectivity index (χ0v) is 13.8. The lowest BCUT2D eigenvalue weighted by Crippen LogP contribution is -2.11. The minimum atomic E-state index is -4.55. The first-order chi connectivity index (χ1) is 11.4. The lowest BCUT2D eigenvalue weighted by Gasteiger charge is -2.16. The molecule has 2 aromatic rings. The second kappa shape index (κ2) is 6.48. The van der Waals surface area contributed by atoms with Crippen LogP contribution in [0.15, 0.2) is 41.4 Å². The van der Waals surface area contributed by atoms with Gasteiger partial charge in [-0.2, -0.15) is 18.4 Å². The summed E-state index contributed by atoms with van der Waals surface area (Å²) in [5.74, 6) is 0.0882. The molecule has 24 heavy (non-hydrogen) atoms. The molecule has 0 amide bonds. The molecule has 1 fully saturated rings.